The predicted molar refractivity (Wildman–Crippen MR) is 180 cm³/mol. The first-order chi connectivity index (χ1) is 23.4. The fourth-order valence-electron chi connectivity index (χ4n) is 6.95. The summed E-state index contributed by atoms with van der Waals surface area (Å²) in [6, 6.07) is 5.49. The first-order valence-corrected chi connectivity index (χ1v) is 16.8. The standard InChI is InChI=1S/C34H34F2N6O4.C2H6/c1-2-23-25(35)5-4-20-14-22(43)15-24(26(20)23)29-28(36)30-27-31(42-10-8-37-16-21(42)17-45-32(27)38-29)40-33(39-30)46-19-34(6-7-34)18-41-9-3-12-44-13-11-41;1-2/h1,4-5,14-15,21,37,43H,3,6-13,16-19H2;1-2H3/t21-;/m0./s1. The first kappa shape index (κ1) is 32.2. The number of ether oxygens (including phenoxy) is 3. The molecular weight excluding hydrogens is 618 g/mol. The van der Waals surface area contributed by atoms with E-state index in [9.17, 15) is 9.50 Å². The molecule has 252 valence electrons. The molecule has 48 heavy (non-hydrogen) atoms. The maximum Gasteiger partial charge on any atom is 0.319 e. The zero-order valence-electron chi connectivity index (χ0n) is 27.3. The molecule has 0 spiro atoms. The summed E-state index contributed by atoms with van der Waals surface area (Å²) in [7, 11) is 0. The summed E-state index contributed by atoms with van der Waals surface area (Å²) in [5.74, 6) is 1.49. The van der Waals surface area contributed by atoms with Crippen LogP contribution in [0.15, 0.2) is 24.3 Å². The van der Waals surface area contributed by atoms with E-state index < -0.39 is 11.6 Å². The Kier molecular flexibility index (Phi) is 8.94. The van der Waals surface area contributed by atoms with Crippen molar-refractivity contribution in [3.63, 3.8) is 0 Å². The quantitative estimate of drug-likeness (QED) is 0.279. The van der Waals surface area contributed by atoms with Crippen LogP contribution in [-0.2, 0) is 4.74 Å². The number of aromatic hydroxyl groups is 1. The van der Waals surface area contributed by atoms with Crippen LogP contribution in [0.1, 0.15) is 38.7 Å². The van der Waals surface area contributed by atoms with Gasteiger partial charge in [-0.2, -0.15) is 9.97 Å². The number of aromatic nitrogens is 3. The number of phenolic OH excluding ortho intramolecular Hbond substituents is 1. The molecule has 10 nitrogen and oxygen atoms in total. The Morgan fingerprint density at radius 2 is 1.96 bits per heavy atom. The van der Waals surface area contributed by atoms with E-state index in [1.807, 2.05) is 13.8 Å². The molecule has 2 saturated heterocycles. The van der Waals surface area contributed by atoms with E-state index in [1.54, 1.807) is 0 Å². The second-order valence-electron chi connectivity index (χ2n) is 12.7. The van der Waals surface area contributed by atoms with Gasteiger partial charge in [-0.25, -0.2) is 13.8 Å². The molecule has 0 bridgehead atoms. The van der Waals surface area contributed by atoms with Gasteiger partial charge in [0.15, 0.2) is 5.82 Å². The third-order valence-corrected chi connectivity index (χ3v) is 9.54. The molecule has 0 radical (unpaired) electrons. The fourth-order valence-corrected chi connectivity index (χ4v) is 6.95. The minimum atomic E-state index is -0.769. The Morgan fingerprint density at radius 1 is 1.10 bits per heavy atom. The Morgan fingerprint density at radius 3 is 2.77 bits per heavy atom. The van der Waals surface area contributed by atoms with Crippen LogP contribution in [0.2, 0.25) is 0 Å². The molecule has 1 aliphatic carbocycles. The van der Waals surface area contributed by atoms with Gasteiger partial charge in [-0.3, -0.25) is 0 Å². The van der Waals surface area contributed by atoms with Gasteiger partial charge < -0.3 is 34.4 Å². The van der Waals surface area contributed by atoms with E-state index in [2.05, 4.69) is 31.0 Å². The predicted octanol–water partition coefficient (Wildman–Crippen LogP) is 4.89. The second kappa shape index (κ2) is 13.3. The average Bonchev–Trinajstić information content (AvgIpc) is 3.93. The smallest absolute Gasteiger partial charge is 0.319 e. The van der Waals surface area contributed by atoms with Gasteiger partial charge >= 0.3 is 6.01 Å². The highest BCUT2D eigenvalue weighted by Crippen LogP contribution is 2.47. The van der Waals surface area contributed by atoms with E-state index in [-0.39, 0.29) is 63.4 Å². The molecule has 0 amide bonds. The molecule has 3 aliphatic heterocycles. The number of anilines is 1. The highest BCUT2D eigenvalue weighted by atomic mass is 19.1. The van der Waals surface area contributed by atoms with Crippen molar-refractivity contribution in [2.75, 3.05) is 70.6 Å². The number of rotatable bonds is 6. The molecule has 0 unspecified atom stereocenters. The molecule has 2 N–H and O–H groups in total. The van der Waals surface area contributed by atoms with E-state index in [1.165, 1.54) is 24.3 Å². The highest BCUT2D eigenvalue weighted by Gasteiger charge is 2.45. The van der Waals surface area contributed by atoms with E-state index in [0.29, 0.717) is 36.3 Å². The Bertz CT molecular complexity index is 1890. The minimum Gasteiger partial charge on any atom is -0.508 e. The van der Waals surface area contributed by atoms with Crippen LogP contribution in [0.25, 0.3) is 32.9 Å². The third kappa shape index (κ3) is 5.95. The van der Waals surface area contributed by atoms with E-state index >= 15 is 4.39 Å². The van der Waals surface area contributed by atoms with Crippen LogP contribution in [0, 0.1) is 29.4 Å². The van der Waals surface area contributed by atoms with Crippen LogP contribution in [0.3, 0.4) is 0 Å². The topological polar surface area (TPSA) is 105 Å². The van der Waals surface area contributed by atoms with Gasteiger partial charge in [0, 0.05) is 62.2 Å². The van der Waals surface area contributed by atoms with Gasteiger partial charge in [0.1, 0.15) is 40.6 Å². The number of pyridine rings is 1. The largest absolute Gasteiger partial charge is 0.508 e. The lowest BCUT2D eigenvalue weighted by Gasteiger charge is -2.35. The monoisotopic (exact) mass is 658 g/mol. The SMILES string of the molecule is C#Cc1c(F)ccc2cc(O)cc(-c3nc4c5c(nc(OCC6(CN7CCCOCC7)CC6)nc5c3F)N3CCNC[C@H]3CO4)c12.CC. The maximum absolute atomic E-state index is 16.9. The van der Waals surface area contributed by atoms with Crippen molar-refractivity contribution < 1.29 is 28.1 Å². The van der Waals surface area contributed by atoms with Crippen LogP contribution >= 0.6 is 0 Å². The maximum atomic E-state index is 16.9. The summed E-state index contributed by atoms with van der Waals surface area (Å²) in [5.41, 5.74) is -0.126. The number of hydrogen-bond acceptors (Lipinski definition) is 10. The van der Waals surface area contributed by atoms with Gasteiger partial charge in [0.2, 0.25) is 5.88 Å². The summed E-state index contributed by atoms with van der Waals surface area (Å²) >= 11 is 0. The molecule has 2 aromatic heterocycles. The summed E-state index contributed by atoms with van der Waals surface area (Å²) in [4.78, 5) is 18.6. The third-order valence-electron chi connectivity index (χ3n) is 9.54. The number of terminal acetylenes is 1. The zero-order valence-corrected chi connectivity index (χ0v) is 27.3. The Labute approximate surface area is 278 Å². The van der Waals surface area contributed by atoms with Gasteiger partial charge in [-0.05, 0) is 42.8 Å². The van der Waals surface area contributed by atoms with Crippen molar-refractivity contribution in [2.45, 2.75) is 39.2 Å². The lowest BCUT2D eigenvalue weighted by molar-refractivity contribution is 0.127. The number of fused-ring (bicyclic) bond motifs is 3. The normalized spacial score (nSPS) is 20.1. The molecule has 2 aromatic carbocycles. The summed E-state index contributed by atoms with van der Waals surface area (Å²) < 4.78 is 50.0. The molecule has 5 heterocycles. The Hall–Kier alpha value is -4.31. The number of halogens is 2. The molecule has 12 heteroatoms. The number of phenols is 1. The van der Waals surface area contributed by atoms with Crippen LogP contribution in [0.5, 0.6) is 17.6 Å². The number of piperazine rings is 1. The van der Waals surface area contributed by atoms with Crippen molar-refractivity contribution in [3.05, 3.63) is 41.5 Å². The molecule has 4 aliphatic rings. The Balaban J connectivity index is 0.00000179. The molecule has 1 atom stereocenters. The van der Waals surface area contributed by atoms with Gasteiger partial charge in [0.05, 0.1) is 24.8 Å². The van der Waals surface area contributed by atoms with Gasteiger partial charge in [-0.15, -0.1) is 6.42 Å². The number of nitrogens with zero attached hydrogens (tertiary/aromatic N) is 5. The van der Waals surface area contributed by atoms with Gasteiger partial charge in [0.25, 0.3) is 0 Å². The summed E-state index contributed by atoms with van der Waals surface area (Å²) in [6.45, 7) is 11.0. The van der Waals surface area contributed by atoms with Crippen molar-refractivity contribution in [1.82, 2.24) is 25.2 Å². The zero-order chi connectivity index (χ0) is 33.4. The summed E-state index contributed by atoms with van der Waals surface area (Å²) in [6.07, 6.45) is 8.78. The van der Waals surface area contributed by atoms with E-state index in [4.69, 9.17) is 25.6 Å². The highest BCUT2D eigenvalue weighted by molar-refractivity contribution is 6.04. The number of hydrogen-bond donors (Lipinski definition) is 2. The second-order valence-corrected chi connectivity index (χ2v) is 12.7. The lowest BCUT2D eigenvalue weighted by atomic mass is 9.95. The van der Waals surface area contributed by atoms with E-state index in [0.717, 1.165) is 58.7 Å². The average molecular weight is 659 g/mol. The molecule has 3 fully saturated rings. The fraction of sp³-hybridized carbons (Fsp3) is 0.472. The minimum absolute atomic E-state index is 0.0131. The van der Waals surface area contributed by atoms with Crippen LogP contribution < -0.4 is 19.7 Å². The first-order valence-electron chi connectivity index (χ1n) is 16.8. The van der Waals surface area contributed by atoms with Crippen molar-refractivity contribution in [3.8, 4) is 41.2 Å². The number of benzene rings is 2. The molecular formula is C36H40F2N6O4. The molecule has 1 saturated carbocycles. The molecule has 8 rings (SSSR count). The van der Waals surface area contributed by atoms with Crippen LogP contribution in [0.4, 0.5) is 14.6 Å². The molecule has 4 aromatic rings. The van der Waals surface area contributed by atoms with Crippen molar-refractivity contribution in [2.24, 2.45) is 5.41 Å². The summed E-state index contributed by atoms with van der Waals surface area (Å²) in [5, 5.41) is 15.0. The lowest BCUT2D eigenvalue weighted by Crippen LogP contribution is -2.53. The van der Waals surface area contributed by atoms with Gasteiger partial charge in [-0.1, -0.05) is 25.8 Å². The van der Waals surface area contributed by atoms with Crippen molar-refractivity contribution in [1.29, 1.82) is 0 Å². The van der Waals surface area contributed by atoms with Crippen molar-refractivity contribution >= 4 is 27.5 Å². The van der Waals surface area contributed by atoms with Crippen LogP contribution in [-0.4, -0.2) is 96.7 Å². The number of nitrogens with one attached hydrogen (secondary N) is 1.